The molecular weight excluding hydrogens is 346 g/mol. The highest BCUT2D eigenvalue weighted by atomic mass is 32.2. The van der Waals surface area contributed by atoms with Crippen molar-refractivity contribution in [3.8, 4) is 0 Å². The van der Waals surface area contributed by atoms with Crippen LogP contribution in [-0.4, -0.2) is 33.8 Å². The normalized spacial score (nSPS) is 21.7. The van der Waals surface area contributed by atoms with Gasteiger partial charge in [-0.2, -0.15) is 0 Å². The molecule has 5 nitrogen and oxygen atoms in total. The predicted octanol–water partition coefficient (Wildman–Crippen LogP) is 2.71. The lowest BCUT2D eigenvalue weighted by molar-refractivity contribution is -0.0711. The van der Waals surface area contributed by atoms with Gasteiger partial charge in [0, 0.05) is 6.61 Å². The summed E-state index contributed by atoms with van der Waals surface area (Å²) in [5.74, 6) is 0. The molecule has 1 fully saturated rings. The van der Waals surface area contributed by atoms with Crippen LogP contribution in [0, 0.1) is 6.92 Å². The number of nitrogens with one attached hydrogen (secondary N) is 1. The lowest BCUT2D eigenvalue weighted by Crippen LogP contribution is -2.49. The Morgan fingerprint density at radius 1 is 1.33 bits per heavy atom. The van der Waals surface area contributed by atoms with Crippen molar-refractivity contribution in [2.75, 3.05) is 13.2 Å². The van der Waals surface area contributed by atoms with Gasteiger partial charge in [0.25, 0.3) is 0 Å². The van der Waals surface area contributed by atoms with Gasteiger partial charge in [-0.3, -0.25) is 0 Å². The lowest BCUT2D eigenvalue weighted by atomic mass is 10.1. The Kier molecular flexibility index (Phi) is 5.68. The molecule has 0 bridgehead atoms. The molecule has 24 heavy (non-hydrogen) atoms. The number of benzene rings is 1. The maximum atomic E-state index is 12.5. The van der Waals surface area contributed by atoms with Gasteiger partial charge in [-0.05, 0) is 35.9 Å². The highest BCUT2D eigenvalue weighted by Gasteiger charge is 2.31. The van der Waals surface area contributed by atoms with Crippen molar-refractivity contribution in [3.05, 3.63) is 52.9 Å². The van der Waals surface area contributed by atoms with Gasteiger partial charge in [0.15, 0.2) is 0 Å². The zero-order valence-electron chi connectivity index (χ0n) is 13.5. The first-order chi connectivity index (χ1) is 11.5. The van der Waals surface area contributed by atoms with Crippen LogP contribution < -0.4 is 4.72 Å². The van der Waals surface area contributed by atoms with Gasteiger partial charge < -0.3 is 9.47 Å². The fourth-order valence-corrected chi connectivity index (χ4v) is 5.14. The van der Waals surface area contributed by atoms with Crippen molar-refractivity contribution in [3.63, 3.8) is 0 Å². The number of rotatable bonds is 6. The van der Waals surface area contributed by atoms with Gasteiger partial charge in [-0.25, -0.2) is 13.1 Å². The molecule has 1 aromatic carbocycles. The first-order valence-electron chi connectivity index (χ1n) is 7.85. The Bertz CT molecular complexity index is 758. The minimum absolute atomic E-state index is 0.283. The van der Waals surface area contributed by atoms with Crippen LogP contribution in [0.5, 0.6) is 0 Å². The molecule has 2 aromatic rings. The minimum Gasteiger partial charge on any atom is -0.379 e. The summed E-state index contributed by atoms with van der Waals surface area (Å²) < 4.78 is 39.6. The second-order valence-electron chi connectivity index (χ2n) is 5.87. The standard InChI is InChI=1S/C17H21NO4S2/c1-13-9-17(23-12-13)24(19,20)18-15-7-8-21-11-16(15)22-10-14-5-3-2-4-6-14/h2-6,9,12,15-16,18H,7-8,10-11H2,1H3/t15-,16-/m1/s1. The molecule has 1 aromatic heterocycles. The van der Waals surface area contributed by atoms with Gasteiger partial charge in [0.2, 0.25) is 10.0 Å². The van der Waals surface area contributed by atoms with E-state index in [2.05, 4.69) is 4.72 Å². The SMILES string of the molecule is Cc1csc(S(=O)(=O)N[C@@H]2CCOC[C@H]2OCc2ccccc2)c1. The number of hydrogen-bond acceptors (Lipinski definition) is 5. The molecule has 130 valence electrons. The van der Waals surface area contributed by atoms with E-state index in [1.165, 1.54) is 11.3 Å². The third-order valence-corrected chi connectivity index (χ3v) is 6.94. The van der Waals surface area contributed by atoms with Crippen LogP contribution in [0.25, 0.3) is 0 Å². The molecule has 1 N–H and O–H groups in total. The molecule has 0 amide bonds. The smallest absolute Gasteiger partial charge is 0.250 e. The molecule has 7 heteroatoms. The molecule has 2 heterocycles. The van der Waals surface area contributed by atoms with E-state index in [0.29, 0.717) is 30.5 Å². The summed E-state index contributed by atoms with van der Waals surface area (Å²) in [6.45, 7) is 3.24. The average Bonchev–Trinajstić information content (AvgIpc) is 3.02. The average molecular weight is 367 g/mol. The van der Waals surface area contributed by atoms with Crippen molar-refractivity contribution in [1.82, 2.24) is 4.72 Å². The fourth-order valence-electron chi connectivity index (χ4n) is 2.59. The summed E-state index contributed by atoms with van der Waals surface area (Å²) in [6, 6.07) is 11.2. The van der Waals surface area contributed by atoms with Crippen LogP contribution in [0.15, 0.2) is 46.0 Å². The molecule has 0 unspecified atom stereocenters. The van der Waals surface area contributed by atoms with Crippen molar-refractivity contribution >= 4 is 21.4 Å². The Morgan fingerprint density at radius 2 is 2.12 bits per heavy atom. The van der Waals surface area contributed by atoms with Gasteiger partial charge >= 0.3 is 0 Å². The van der Waals surface area contributed by atoms with Crippen molar-refractivity contribution in [1.29, 1.82) is 0 Å². The highest BCUT2D eigenvalue weighted by Crippen LogP contribution is 2.22. The molecule has 1 aliphatic rings. The molecule has 3 rings (SSSR count). The van der Waals surface area contributed by atoms with E-state index in [1.54, 1.807) is 6.07 Å². The van der Waals surface area contributed by atoms with E-state index < -0.39 is 10.0 Å². The Balaban J connectivity index is 1.66. The number of aryl methyl sites for hydroxylation is 1. The number of hydrogen-bond donors (Lipinski definition) is 1. The third-order valence-electron chi connectivity index (χ3n) is 3.89. The van der Waals surface area contributed by atoms with Crippen molar-refractivity contribution < 1.29 is 17.9 Å². The van der Waals surface area contributed by atoms with E-state index >= 15 is 0 Å². The predicted molar refractivity (Wildman–Crippen MR) is 93.6 cm³/mol. The fraction of sp³-hybridized carbons (Fsp3) is 0.412. The molecule has 0 spiro atoms. The zero-order valence-corrected chi connectivity index (χ0v) is 15.1. The summed E-state index contributed by atoms with van der Waals surface area (Å²) in [5, 5.41) is 1.84. The van der Waals surface area contributed by atoms with E-state index in [4.69, 9.17) is 9.47 Å². The summed E-state index contributed by atoms with van der Waals surface area (Å²) >= 11 is 1.23. The van der Waals surface area contributed by atoms with E-state index in [-0.39, 0.29) is 12.1 Å². The van der Waals surface area contributed by atoms with Crippen molar-refractivity contribution in [2.24, 2.45) is 0 Å². The van der Waals surface area contributed by atoms with Crippen LogP contribution in [-0.2, 0) is 26.1 Å². The molecule has 2 atom stereocenters. The van der Waals surface area contributed by atoms with E-state index in [9.17, 15) is 8.42 Å². The quantitative estimate of drug-likeness (QED) is 0.853. The van der Waals surface area contributed by atoms with E-state index in [0.717, 1.165) is 11.1 Å². The largest absolute Gasteiger partial charge is 0.379 e. The summed E-state index contributed by atoms with van der Waals surface area (Å²) in [7, 11) is -3.52. The minimum atomic E-state index is -3.52. The van der Waals surface area contributed by atoms with Crippen LogP contribution in [0.2, 0.25) is 0 Å². The van der Waals surface area contributed by atoms with Crippen LogP contribution in [0.1, 0.15) is 17.5 Å². The Hall–Kier alpha value is -1.25. The Labute approximate surface area is 146 Å². The topological polar surface area (TPSA) is 64.6 Å². The van der Waals surface area contributed by atoms with E-state index in [1.807, 2.05) is 42.6 Å². The van der Waals surface area contributed by atoms with Gasteiger partial charge in [0.05, 0.1) is 25.4 Å². The lowest BCUT2D eigenvalue weighted by Gasteiger charge is -2.31. The monoisotopic (exact) mass is 367 g/mol. The number of sulfonamides is 1. The van der Waals surface area contributed by atoms with Gasteiger partial charge in [-0.1, -0.05) is 30.3 Å². The molecule has 1 aliphatic heterocycles. The van der Waals surface area contributed by atoms with Crippen LogP contribution in [0.3, 0.4) is 0 Å². The highest BCUT2D eigenvalue weighted by molar-refractivity contribution is 7.91. The van der Waals surface area contributed by atoms with Crippen molar-refractivity contribution in [2.45, 2.75) is 36.3 Å². The second-order valence-corrected chi connectivity index (χ2v) is 8.72. The third kappa shape index (κ3) is 4.43. The Morgan fingerprint density at radius 3 is 2.83 bits per heavy atom. The molecule has 1 saturated heterocycles. The first-order valence-corrected chi connectivity index (χ1v) is 10.2. The number of thiophene rings is 1. The molecular formula is C17H21NO4S2. The number of ether oxygens (including phenoxy) is 2. The van der Waals surface area contributed by atoms with Crippen LogP contribution >= 0.6 is 11.3 Å². The summed E-state index contributed by atoms with van der Waals surface area (Å²) in [4.78, 5) is 0. The zero-order chi connectivity index (χ0) is 17.0. The van der Waals surface area contributed by atoms with Crippen LogP contribution in [0.4, 0.5) is 0 Å². The molecule has 0 saturated carbocycles. The van der Waals surface area contributed by atoms with Gasteiger partial charge in [-0.15, -0.1) is 11.3 Å². The maximum absolute atomic E-state index is 12.5. The second kappa shape index (κ2) is 7.76. The summed E-state index contributed by atoms with van der Waals surface area (Å²) in [5.41, 5.74) is 2.00. The molecule has 0 radical (unpaired) electrons. The van der Waals surface area contributed by atoms with Gasteiger partial charge in [0.1, 0.15) is 4.21 Å². The first kappa shape index (κ1) is 17.6. The molecule has 0 aliphatic carbocycles. The maximum Gasteiger partial charge on any atom is 0.250 e. The summed E-state index contributed by atoms with van der Waals surface area (Å²) in [6.07, 6.45) is 0.304.